The van der Waals surface area contributed by atoms with E-state index in [-0.39, 0.29) is 48.4 Å². The van der Waals surface area contributed by atoms with Crippen LogP contribution in [0.25, 0.3) is 0 Å². The molecule has 0 bridgehead atoms. The molecule has 152 valence electrons. The molecule has 0 aliphatic rings. The maximum atomic E-state index is 10.6. The monoisotopic (exact) mass is 424 g/mol. The molecule has 0 unspecified atom stereocenters. The summed E-state index contributed by atoms with van der Waals surface area (Å²) >= 11 is 0. The van der Waals surface area contributed by atoms with Crippen molar-refractivity contribution in [2.24, 2.45) is 0 Å². The molecule has 0 aliphatic carbocycles. The number of carbonyl (C=O) groups is 4. The number of carboxylic acids is 4. The standard InChI is InChI=1S/C10H16N2O8.C2H6O3S.Na/c13-7(14)3-11(4-8(15)16)1-2-12(5-9(17)18)6-10(19)20;1-2-6(3,4)5;/h1-6H2,(H,13,14)(H,15,16)(H,17,18)(H,19,20);2H2,1H3,(H,3,4,5);/q;;+1/p-1. The summed E-state index contributed by atoms with van der Waals surface area (Å²) in [7, 11) is -3.91. The second-order valence-electron chi connectivity index (χ2n) is 4.84. The van der Waals surface area contributed by atoms with Crippen molar-refractivity contribution in [1.82, 2.24) is 9.80 Å². The number of aliphatic carboxylic acids is 4. The number of carboxylic acid groups (broad SMARTS) is 4. The molecular formula is C12H21N2NaO11S. The summed E-state index contributed by atoms with van der Waals surface area (Å²) in [4.78, 5) is 44.4. The molecule has 0 radical (unpaired) electrons. The molecule has 0 spiro atoms. The minimum atomic E-state index is -3.91. The molecule has 0 aliphatic heterocycles. The molecule has 27 heavy (non-hydrogen) atoms. The van der Waals surface area contributed by atoms with Crippen LogP contribution in [0.3, 0.4) is 0 Å². The first-order valence-corrected chi connectivity index (χ1v) is 8.60. The Balaban J connectivity index is -0.000000709. The van der Waals surface area contributed by atoms with Crippen molar-refractivity contribution in [2.45, 2.75) is 6.92 Å². The number of nitrogens with zero attached hydrogens (tertiary/aromatic N) is 2. The molecule has 13 nitrogen and oxygen atoms in total. The van der Waals surface area contributed by atoms with Gasteiger partial charge in [0.1, 0.15) is 0 Å². The fourth-order valence-corrected chi connectivity index (χ4v) is 1.48. The Labute approximate surface area is 177 Å². The first-order valence-electron chi connectivity index (χ1n) is 7.02. The van der Waals surface area contributed by atoms with Crippen molar-refractivity contribution < 1.29 is 82.1 Å². The smallest absolute Gasteiger partial charge is 0.748 e. The molecule has 0 amide bonds. The number of hydrogen-bond acceptors (Lipinski definition) is 9. The SMILES string of the molecule is CCS(=O)(=O)[O-].O=C(O)CN(CCN(CC(=O)O)CC(=O)O)CC(=O)O.[Na+]. The Morgan fingerprint density at radius 3 is 1.04 bits per heavy atom. The predicted molar refractivity (Wildman–Crippen MR) is 83.7 cm³/mol. The fraction of sp³-hybridized carbons (Fsp3) is 0.667. The minimum Gasteiger partial charge on any atom is -0.748 e. The van der Waals surface area contributed by atoms with Crippen LogP contribution in [0.2, 0.25) is 0 Å². The van der Waals surface area contributed by atoms with Gasteiger partial charge in [0.2, 0.25) is 0 Å². The van der Waals surface area contributed by atoms with E-state index in [1.807, 2.05) is 0 Å². The molecule has 0 saturated carbocycles. The van der Waals surface area contributed by atoms with Gasteiger partial charge in [0, 0.05) is 18.8 Å². The van der Waals surface area contributed by atoms with E-state index in [0.717, 1.165) is 9.80 Å². The van der Waals surface area contributed by atoms with Gasteiger partial charge in [-0.15, -0.1) is 0 Å². The molecular weight excluding hydrogens is 403 g/mol. The predicted octanol–water partition coefficient (Wildman–Crippen LogP) is -5.52. The summed E-state index contributed by atoms with van der Waals surface area (Å²) in [5, 5.41) is 34.5. The molecule has 0 aromatic carbocycles. The minimum absolute atomic E-state index is 0. The first kappa shape index (κ1) is 30.4. The summed E-state index contributed by atoms with van der Waals surface area (Å²) in [6.07, 6.45) is 0. The van der Waals surface area contributed by atoms with Crippen molar-refractivity contribution in [1.29, 1.82) is 0 Å². The van der Waals surface area contributed by atoms with Gasteiger partial charge < -0.3 is 25.0 Å². The third-order valence-corrected chi connectivity index (χ3v) is 3.23. The Hall–Kier alpha value is -1.29. The Kier molecular flexibility index (Phi) is 17.7. The summed E-state index contributed by atoms with van der Waals surface area (Å²) in [5.74, 6) is -5.22. The fourth-order valence-electron chi connectivity index (χ4n) is 1.48. The van der Waals surface area contributed by atoms with Gasteiger partial charge in [-0.1, -0.05) is 6.92 Å². The van der Waals surface area contributed by atoms with E-state index in [4.69, 9.17) is 20.4 Å². The van der Waals surface area contributed by atoms with Crippen LogP contribution in [0.1, 0.15) is 6.92 Å². The van der Waals surface area contributed by atoms with Crippen LogP contribution in [0, 0.1) is 0 Å². The quantitative estimate of drug-likeness (QED) is 0.170. The zero-order chi connectivity index (χ0) is 20.9. The van der Waals surface area contributed by atoms with E-state index in [0.29, 0.717) is 0 Å². The van der Waals surface area contributed by atoms with Crippen molar-refractivity contribution >= 4 is 34.0 Å². The first-order chi connectivity index (χ1) is 11.8. The van der Waals surface area contributed by atoms with E-state index in [1.54, 1.807) is 0 Å². The second-order valence-corrected chi connectivity index (χ2v) is 6.54. The molecule has 0 rings (SSSR count). The Morgan fingerprint density at radius 1 is 0.741 bits per heavy atom. The largest absolute Gasteiger partial charge is 1.00 e. The molecule has 0 heterocycles. The Morgan fingerprint density at radius 2 is 0.926 bits per heavy atom. The summed E-state index contributed by atoms with van der Waals surface area (Å²) in [5.41, 5.74) is 0. The molecule has 0 saturated heterocycles. The molecule has 0 fully saturated rings. The molecule has 0 aromatic heterocycles. The maximum absolute atomic E-state index is 10.6. The average Bonchev–Trinajstić information content (AvgIpc) is 2.42. The maximum Gasteiger partial charge on any atom is 1.00 e. The van der Waals surface area contributed by atoms with Gasteiger partial charge in [-0.05, 0) is 0 Å². The number of hydrogen-bond donors (Lipinski definition) is 4. The second kappa shape index (κ2) is 15.7. The van der Waals surface area contributed by atoms with Crippen LogP contribution in [0.4, 0.5) is 0 Å². The van der Waals surface area contributed by atoms with Crippen LogP contribution in [0.5, 0.6) is 0 Å². The van der Waals surface area contributed by atoms with Gasteiger partial charge in [-0.25, -0.2) is 8.42 Å². The van der Waals surface area contributed by atoms with E-state index < -0.39 is 60.2 Å². The van der Waals surface area contributed by atoms with Gasteiger partial charge in [0.25, 0.3) is 0 Å². The molecule has 15 heteroatoms. The normalized spacial score (nSPS) is 10.5. The van der Waals surface area contributed by atoms with Gasteiger partial charge in [0.05, 0.1) is 36.3 Å². The zero-order valence-corrected chi connectivity index (χ0v) is 17.7. The van der Waals surface area contributed by atoms with Crippen LogP contribution in [-0.4, -0.2) is 112 Å². The van der Waals surface area contributed by atoms with Crippen molar-refractivity contribution in [3.8, 4) is 0 Å². The van der Waals surface area contributed by atoms with Gasteiger partial charge >= 0.3 is 53.4 Å². The van der Waals surface area contributed by atoms with Crippen molar-refractivity contribution in [2.75, 3.05) is 45.0 Å². The summed E-state index contributed by atoms with van der Waals surface area (Å²) < 4.78 is 28.3. The van der Waals surface area contributed by atoms with E-state index in [1.165, 1.54) is 6.92 Å². The van der Waals surface area contributed by atoms with Crippen molar-refractivity contribution in [3.05, 3.63) is 0 Å². The summed E-state index contributed by atoms with van der Waals surface area (Å²) in [6, 6.07) is 0. The van der Waals surface area contributed by atoms with Gasteiger partial charge in [-0.2, -0.15) is 0 Å². The van der Waals surface area contributed by atoms with Crippen LogP contribution in [-0.2, 0) is 29.3 Å². The third-order valence-electron chi connectivity index (χ3n) is 2.52. The zero-order valence-electron chi connectivity index (χ0n) is 14.9. The van der Waals surface area contributed by atoms with Crippen LogP contribution >= 0.6 is 0 Å². The van der Waals surface area contributed by atoms with Crippen LogP contribution < -0.4 is 29.6 Å². The summed E-state index contributed by atoms with van der Waals surface area (Å²) in [6.45, 7) is -0.943. The molecule has 0 aromatic rings. The van der Waals surface area contributed by atoms with Gasteiger partial charge in [0.15, 0.2) is 0 Å². The van der Waals surface area contributed by atoms with E-state index in [9.17, 15) is 32.1 Å². The van der Waals surface area contributed by atoms with Crippen LogP contribution in [0.15, 0.2) is 0 Å². The topological polar surface area (TPSA) is 213 Å². The van der Waals surface area contributed by atoms with Crippen molar-refractivity contribution in [3.63, 3.8) is 0 Å². The average molecular weight is 424 g/mol. The molecule has 4 N–H and O–H groups in total. The van der Waals surface area contributed by atoms with Gasteiger partial charge in [-0.3, -0.25) is 29.0 Å². The van der Waals surface area contributed by atoms with E-state index >= 15 is 0 Å². The Bertz CT molecular complexity index is 528. The third kappa shape index (κ3) is 24.7. The molecule has 0 atom stereocenters. The number of rotatable bonds is 12. The van der Waals surface area contributed by atoms with E-state index in [2.05, 4.69) is 0 Å².